The van der Waals surface area contributed by atoms with Crippen LogP contribution in [0.4, 0.5) is 11.8 Å². The van der Waals surface area contributed by atoms with Crippen LogP contribution < -0.4 is 16.4 Å². The molecule has 18 heavy (non-hydrogen) atoms. The molecular weight excluding hydrogens is 296 g/mol. The van der Waals surface area contributed by atoms with E-state index in [1.165, 1.54) is 0 Å². The SMILES string of the molecule is Nc1nc(N2CCCC(N)C2)nn2c(Br)ccc12. The van der Waals surface area contributed by atoms with E-state index < -0.39 is 0 Å². The standard InChI is InChI=1S/C11H15BrN6/c12-9-4-3-8-10(14)15-11(16-18(8)9)17-5-1-2-7(13)6-17/h3-4,7H,1-2,5-6,13H2,(H2,14,15,16). The monoisotopic (exact) mass is 310 g/mol. The van der Waals surface area contributed by atoms with Gasteiger partial charge in [0.25, 0.3) is 0 Å². The predicted molar refractivity (Wildman–Crippen MR) is 74.5 cm³/mol. The van der Waals surface area contributed by atoms with E-state index in [0.29, 0.717) is 11.8 Å². The van der Waals surface area contributed by atoms with E-state index in [-0.39, 0.29) is 6.04 Å². The summed E-state index contributed by atoms with van der Waals surface area (Å²) < 4.78 is 2.63. The zero-order valence-electron chi connectivity index (χ0n) is 9.88. The molecule has 1 aliphatic rings. The number of rotatable bonds is 1. The Morgan fingerprint density at radius 3 is 3.00 bits per heavy atom. The fourth-order valence-electron chi connectivity index (χ4n) is 2.30. The molecular formula is C11H15BrN6. The van der Waals surface area contributed by atoms with E-state index >= 15 is 0 Å². The van der Waals surface area contributed by atoms with E-state index in [4.69, 9.17) is 11.5 Å². The van der Waals surface area contributed by atoms with Crippen LogP contribution in [0.5, 0.6) is 0 Å². The number of hydrogen-bond donors (Lipinski definition) is 2. The van der Waals surface area contributed by atoms with Crippen molar-refractivity contribution >= 4 is 33.2 Å². The largest absolute Gasteiger partial charge is 0.382 e. The first kappa shape index (κ1) is 11.7. The van der Waals surface area contributed by atoms with Gasteiger partial charge in [0.05, 0.1) is 0 Å². The molecule has 0 radical (unpaired) electrons. The Kier molecular flexibility index (Phi) is 2.87. The summed E-state index contributed by atoms with van der Waals surface area (Å²) in [6.07, 6.45) is 2.12. The Bertz CT molecular complexity index is 580. The van der Waals surface area contributed by atoms with Crippen LogP contribution in [-0.4, -0.2) is 33.7 Å². The second kappa shape index (κ2) is 4.40. The number of nitrogen functional groups attached to an aromatic ring is 1. The van der Waals surface area contributed by atoms with Crippen molar-refractivity contribution in [3.8, 4) is 0 Å². The number of fused-ring (bicyclic) bond motifs is 1. The van der Waals surface area contributed by atoms with Gasteiger partial charge in [-0.1, -0.05) is 0 Å². The van der Waals surface area contributed by atoms with Gasteiger partial charge >= 0.3 is 0 Å². The first-order chi connectivity index (χ1) is 8.65. The van der Waals surface area contributed by atoms with Crippen LogP contribution in [0.2, 0.25) is 0 Å². The fraction of sp³-hybridized carbons (Fsp3) is 0.455. The van der Waals surface area contributed by atoms with Gasteiger partial charge in [0.15, 0.2) is 5.82 Å². The molecule has 1 atom stereocenters. The van der Waals surface area contributed by atoms with E-state index in [0.717, 1.165) is 36.1 Å². The maximum Gasteiger partial charge on any atom is 0.245 e. The number of nitrogens with two attached hydrogens (primary N) is 2. The number of hydrogen-bond acceptors (Lipinski definition) is 5. The lowest BCUT2D eigenvalue weighted by atomic mass is 10.1. The molecule has 3 rings (SSSR count). The number of halogens is 1. The zero-order chi connectivity index (χ0) is 12.7. The third-order valence-electron chi connectivity index (χ3n) is 3.22. The molecule has 0 spiro atoms. The van der Waals surface area contributed by atoms with Crippen LogP contribution >= 0.6 is 15.9 Å². The third-order valence-corrected chi connectivity index (χ3v) is 3.82. The number of piperidine rings is 1. The Morgan fingerprint density at radius 1 is 1.39 bits per heavy atom. The number of nitrogens with zero attached hydrogens (tertiary/aromatic N) is 4. The Hall–Kier alpha value is -1.34. The van der Waals surface area contributed by atoms with Gasteiger partial charge < -0.3 is 16.4 Å². The van der Waals surface area contributed by atoms with Crippen molar-refractivity contribution in [3.05, 3.63) is 16.7 Å². The number of aromatic nitrogens is 3. The van der Waals surface area contributed by atoms with E-state index in [1.54, 1.807) is 4.52 Å². The quantitative estimate of drug-likeness (QED) is 0.821. The molecule has 0 saturated carbocycles. The lowest BCUT2D eigenvalue weighted by Gasteiger charge is -2.30. The highest BCUT2D eigenvalue weighted by Crippen LogP contribution is 2.22. The van der Waals surface area contributed by atoms with Crippen LogP contribution in [0, 0.1) is 0 Å². The highest BCUT2D eigenvalue weighted by atomic mass is 79.9. The molecule has 0 aliphatic carbocycles. The van der Waals surface area contributed by atoms with Gasteiger partial charge in [0.1, 0.15) is 10.1 Å². The summed E-state index contributed by atoms with van der Waals surface area (Å²) in [6, 6.07) is 3.99. The van der Waals surface area contributed by atoms with Crippen molar-refractivity contribution in [2.75, 3.05) is 23.7 Å². The summed E-state index contributed by atoms with van der Waals surface area (Å²) >= 11 is 3.44. The lowest BCUT2D eigenvalue weighted by molar-refractivity contribution is 0.497. The van der Waals surface area contributed by atoms with Crippen molar-refractivity contribution in [1.29, 1.82) is 0 Å². The summed E-state index contributed by atoms with van der Waals surface area (Å²) in [5, 5.41) is 4.50. The molecule has 2 aromatic heterocycles. The summed E-state index contributed by atoms with van der Waals surface area (Å²) in [7, 11) is 0. The smallest absolute Gasteiger partial charge is 0.245 e. The first-order valence-corrected chi connectivity index (χ1v) is 6.76. The van der Waals surface area contributed by atoms with Crippen molar-refractivity contribution in [3.63, 3.8) is 0 Å². The minimum atomic E-state index is 0.187. The maximum atomic E-state index is 5.98. The average Bonchev–Trinajstić information content (AvgIpc) is 2.72. The molecule has 0 amide bonds. The molecule has 4 N–H and O–H groups in total. The molecule has 7 heteroatoms. The van der Waals surface area contributed by atoms with Gasteiger partial charge in [-0.15, -0.1) is 5.10 Å². The van der Waals surface area contributed by atoms with Gasteiger partial charge in [-0.3, -0.25) is 0 Å². The summed E-state index contributed by atoms with van der Waals surface area (Å²) in [6.45, 7) is 1.71. The normalized spacial score (nSPS) is 20.6. The second-order valence-corrected chi connectivity index (χ2v) is 5.41. The topological polar surface area (TPSA) is 85.5 Å². The highest BCUT2D eigenvalue weighted by molar-refractivity contribution is 9.10. The zero-order valence-corrected chi connectivity index (χ0v) is 11.5. The maximum absolute atomic E-state index is 5.98. The van der Waals surface area contributed by atoms with Crippen LogP contribution in [0.15, 0.2) is 16.7 Å². The van der Waals surface area contributed by atoms with Crippen molar-refractivity contribution in [1.82, 2.24) is 14.6 Å². The lowest BCUT2D eigenvalue weighted by Crippen LogP contribution is -2.43. The van der Waals surface area contributed by atoms with Gasteiger partial charge in [-0.25, -0.2) is 4.52 Å². The fourth-order valence-corrected chi connectivity index (χ4v) is 2.70. The molecule has 96 valence electrons. The van der Waals surface area contributed by atoms with Crippen molar-refractivity contribution < 1.29 is 0 Å². The van der Waals surface area contributed by atoms with E-state index in [1.807, 2.05) is 12.1 Å². The predicted octanol–water partition coefficient (Wildman–Crippen LogP) is 1.00. The minimum absolute atomic E-state index is 0.187. The Labute approximate surface area is 113 Å². The summed E-state index contributed by atoms with van der Waals surface area (Å²) in [4.78, 5) is 6.46. The molecule has 1 aliphatic heterocycles. The van der Waals surface area contributed by atoms with Crippen LogP contribution in [0.3, 0.4) is 0 Å². The third kappa shape index (κ3) is 1.93. The van der Waals surface area contributed by atoms with Gasteiger partial charge in [0.2, 0.25) is 5.95 Å². The second-order valence-electron chi connectivity index (χ2n) is 4.60. The highest BCUT2D eigenvalue weighted by Gasteiger charge is 2.20. The number of anilines is 2. The average molecular weight is 311 g/mol. The molecule has 3 heterocycles. The van der Waals surface area contributed by atoms with Gasteiger partial charge in [-0.2, -0.15) is 4.98 Å². The minimum Gasteiger partial charge on any atom is -0.382 e. The van der Waals surface area contributed by atoms with Crippen LogP contribution in [-0.2, 0) is 0 Å². The van der Waals surface area contributed by atoms with Gasteiger partial charge in [-0.05, 0) is 40.9 Å². The Morgan fingerprint density at radius 2 is 2.22 bits per heavy atom. The van der Waals surface area contributed by atoms with E-state index in [2.05, 4.69) is 30.9 Å². The molecule has 2 aromatic rings. The molecule has 0 bridgehead atoms. The molecule has 1 saturated heterocycles. The van der Waals surface area contributed by atoms with Crippen LogP contribution in [0.1, 0.15) is 12.8 Å². The Balaban J connectivity index is 2.03. The molecule has 6 nitrogen and oxygen atoms in total. The van der Waals surface area contributed by atoms with Crippen molar-refractivity contribution in [2.24, 2.45) is 5.73 Å². The van der Waals surface area contributed by atoms with Crippen molar-refractivity contribution in [2.45, 2.75) is 18.9 Å². The van der Waals surface area contributed by atoms with Crippen LogP contribution in [0.25, 0.3) is 5.52 Å². The first-order valence-electron chi connectivity index (χ1n) is 5.96. The molecule has 0 aromatic carbocycles. The summed E-state index contributed by atoms with van der Waals surface area (Å²) in [5.41, 5.74) is 12.8. The molecule has 1 unspecified atom stereocenters. The van der Waals surface area contributed by atoms with Gasteiger partial charge in [0, 0.05) is 19.1 Å². The molecule has 1 fully saturated rings. The van der Waals surface area contributed by atoms with E-state index in [9.17, 15) is 0 Å². The summed E-state index contributed by atoms with van der Waals surface area (Å²) in [5.74, 6) is 1.14.